The van der Waals surface area contributed by atoms with Crippen LogP contribution in [0.4, 0.5) is 0 Å². The number of hydrogen-bond donors (Lipinski definition) is 1. The molecule has 0 aromatic heterocycles. The number of hydrogen-bond acceptors (Lipinski definition) is 3. The van der Waals surface area contributed by atoms with E-state index in [2.05, 4.69) is 5.32 Å². The highest BCUT2D eigenvalue weighted by atomic mass is 16.5. The minimum absolute atomic E-state index is 0.102. The van der Waals surface area contributed by atoms with E-state index in [1.807, 2.05) is 18.7 Å². The first-order chi connectivity index (χ1) is 8.86. The van der Waals surface area contributed by atoms with Gasteiger partial charge in [0, 0.05) is 33.2 Å². The summed E-state index contributed by atoms with van der Waals surface area (Å²) in [5.41, 5.74) is -0.304. The van der Waals surface area contributed by atoms with Gasteiger partial charge in [-0.3, -0.25) is 9.59 Å². The van der Waals surface area contributed by atoms with Crippen molar-refractivity contribution in [2.75, 3.05) is 26.7 Å². The van der Waals surface area contributed by atoms with Gasteiger partial charge in [0.15, 0.2) is 0 Å². The fraction of sp³-hybridized carbons (Fsp3) is 0.857. The van der Waals surface area contributed by atoms with E-state index in [-0.39, 0.29) is 17.2 Å². The van der Waals surface area contributed by atoms with E-state index in [1.54, 1.807) is 7.11 Å². The molecule has 1 spiro atoms. The van der Waals surface area contributed by atoms with E-state index in [9.17, 15) is 9.59 Å². The molecule has 2 heterocycles. The molecule has 19 heavy (non-hydrogen) atoms. The van der Waals surface area contributed by atoms with Gasteiger partial charge in [0.25, 0.3) is 0 Å². The maximum atomic E-state index is 12.2. The second-order valence-corrected chi connectivity index (χ2v) is 6.47. The van der Waals surface area contributed by atoms with Gasteiger partial charge in [-0.15, -0.1) is 0 Å². The lowest BCUT2D eigenvalue weighted by Crippen LogP contribution is -2.45. The van der Waals surface area contributed by atoms with Crippen molar-refractivity contribution in [2.45, 2.75) is 45.1 Å². The van der Waals surface area contributed by atoms with Gasteiger partial charge in [-0.2, -0.15) is 0 Å². The van der Waals surface area contributed by atoms with Crippen LogP contribution in [0, 0.1) is 5.41 Å². The summed E-state index contributed by atoms with van der Waals surface area (Å²) < 4.78 is 5.30. The van der Waals surface area contributed by atoms with Crippen molar-refractivity contribution in [3.8, 4) is 0 Å². The van der Waals surface area contributed by atoms with Crippen molar-refractivity contribution in [1.29, 1.82) is 0 Å². The SMILES string of the molecule is COC(C)(C)CC(=O)N1CCC2(CC1)CNC(=O)C2. The summed E-state index contributed by atoms with van der Waals surface area (Å²) in [6.45, 7) is 6.14. The monoisotopic (exact) mass is 268 g/mol. The van der Waals surface area contributed by atoms with Crippen molar-refractivity contribution < 1.29 is 14.3 Å². The second kappa shape index (κ2) is 5.12. The lowest BCUT2D eigenvalue weighted by atomic mass is 9.77. The number of piperidine rings is 1. The summed E-state index contributed by atoms with van der Waals surface area (Å²) in [4.78, 5) is 25.5. The minimum Gasteiger partial charge on any atom is -0.378 e. The number of amides is 2. The summed E-state index contributed by atoms with van der Waals surface area (Å²) in [6, 6.07) is 0. The summed E-state index contributed by atoms with van der Waals surface area (Å²) in [5, 5.41) is 2.91. The molecular formula is C14H24N2O3. The van der Waals surface area contributed by atoms with Gasteiger partial charge in [0.1, 0.15) is 0 Å². The second-order valence-electron chi connectivity index (χ2n) is 6.47. The Kier molecular flexibility index (Phi) is 3.85. The molecule has 2 saturated heterocycles. The molecule has 2 aliphatic heterocycles. The van der Waals surface area contributed by atoms with Crippen molar-refractivity contribution in [1.82, 2.24) is 10.2 Å². The van der Waals surface area contributed by atoms with Gasteiger partial charge in [0.05, 0.1) is 12.0 Å². The van der Waals surface area contributed by atoms with E-state index in [0.717, 1.165) is 32.5 Å². The zero-order chi connectivity index (χ0) is 14.1. The third-order valence-electron chi connectivity index (χ3n) is 4.50. The lowest BCUT2D eigenvalue weighted by molar-refractivity contribution is -0.138. The molecule has 0 unspecified atom stereocenters. The average Bonchev–Trinajstić information content (AvgIpc) is 2.71. The van der Waals surface area contributed by atoms with Crippen molar-refractivity contribution in [3.63, 3.8) is 0 Å². The summed E-state index contributed by atoms with van der Waals surface area (Å²) >= 11 is 0. The van der Waals surface area contributed by atoms with Crippen LogP contribution in [-0.2, 0) is 14.3 Å². The molecule has 108 valence electrons. The molecule has 0 saturated carbocycles. The Balaban J connectivity index is 1.86. The van der Waals surface area contributed by atoms with Crippen LogP contribution in [-0.4, -0.2) is 49.1 Å². The first-order valence-corrected chi connectivity index (χ1v) is 6.96. The number of likely N-dealkylation sites (tertiary alicyclic amines) is 1. The van der Waals surface area contributed by atoms with E-state index >= 15 is 0 Å². The van der Waals surface area contributed by atoms with Crippen molar-refractivity contribution in [3.05, 3.63) is 0 Å². The van der Waals surface area contributed by atoms with E-state index in [1.165, 1.54) is 0 Å². The topological polar surface area (TPSA) is 58.6 Å². The number of ether oxygens (including phenoxy) is 1. The number of nitrogens with one attached hydrogen (secondary N) is 1. The van der Waals surface area contributed by atoms with Crippen LogP contribution >= 0.6 is 0 Å². The summed E-state index contributed by atoms with van der Waals surface area (Å²) in [5.74, 6) is 0.305. The molecule has 0 aliphatic carbocycles. The van der Waals surface area contributed by atoms with Crippen LogP contribution in [0.5, 0.6) is 0 Å². The molecule has 2 aliphatic rings. The Hall–Kier alpha value is -1.10. The van der Waals surface area contributed by atoms with Crippen LogP contribution in [0.3, 0.4) is 0 Å². The highest BCUT2D eigenvalue weighted by molar-refractivity contribution is 5.80. The number of carbonyl (C=O) groups is 2. The molecule has 0 aromatic carbocycles. The molecule has 0 radical (unpaired) electrons. The fourth-order valence-electron chi connectivity index (χ4n) is 2.88. The predicted molar refractivity (Wildman–Crippen MR) is 71.6 cm³/mol. The fourth-order valence-corrected chi connectivity index (χ4v) is 2.88. The molecule has 2 fully saturated rings. The third-order valence-corrected chi connectivity index (χ3v) is 4.50. The minimum atomic E-state index is -0.406. The molecule has 0 aromatic rings. The first kappa shape index (κ1) is 14.3. The molecule has 1 N–H and O–H groups in total. The Labute approximate surface area is 114 Å². The van der Waals surface area contributed by atoms with Gasteiger partial charge in [-0.25, -0.2) is 0 Å². The van der Waals surface area contributed by atoms with Crippen LogP contribution in [0.25, 0.3) is 0 Å². The van der Waals surface area contributed by atoms with Gasteiger partial charge in [-0.1, -0.05) is 0 Å². The molecular weight excluding hydrogens is 244 g/mol. The number of rotatable bonds is 3. The predicted octanol–water partition coefficient (Wildman–Crippen LogP) is 0.930. The zero-order valence-electron chi connectivity index (χ0n) is 12.1. The lowest BCUT2D eigenvalue weighted by Gasteiger charge is -2.39. The van der Waals surface area contributed by atoms with Gasteiger partial charge < -0.3 is 15.0 Å². The number of carbonyl (C=O) groups excluding carboxylic acids is 2. The Morgan fingerprint density at radius 2 is 2.05 bits per heavy atom. The largest absolute Gasteiger partial charge is 0.378 e. The molecule has 0 bridgehead atoms. The summed E-state index contributed by atoms with van der Waals surface area (Å²) in [6.07, 6.45) is 2.88. The van der Waals surface area contributed by atoms with Gasteiger partial charge in [0.2, 0.25) is 11.8 Å². The highest BCUT2D eigenvalue weighted by Crippen LogP contribution is 2.37. The molecule has 5 heteroatoms. The maximum absolute atomic E-state index is 12.2. The van der Waals surface area contributed by atoms with Crippen LogP contribution in [0.2, 0.25) is 0 Å². The van der Waals surface area contributed by atoms with Crippen molar-refractivity contribution >= 4 is 11.8 Å². The quantitative estimate of drug-likeness (QED) is 0.828. The van der Waals surface area contributed by atoms with Crippen LogP contribution in [0.15, 0.2) is 0 Å². The zero-order valence-corrected chi connectivity index (χ0v) is 12.1. The molecule has 0 atom stereocenters. The van der Waals surface area contributed by atoms with E-state index in [4.69, 9.17) is 4.74 Å². The smallest absolute Gasteiger partial charge is 0.225 e. The van der Waals surface area contributed by atoms with Crippen LogP contribution in [0.1, 0.15) is 39.5 Å². The number of methoxy groups -OCH3 is 1. The van der Waals surface area contributed by atoms with Gasteiger partial charge in [-0.05, 0) is 32.1 Å². The molecule has 5 nitrogen and oxygen atoms in total. The number of nitrogens with zero attached hydrogens (tertiary/aromatic N) is 1. The third kappa shape index (κ3) is 3.26. The maximum Gasteiger partial charge on any atom is 0.225 e. The highest BCUT2D eigenvalue weighted by Gasteiger charge is 2.41. The van der Waals surface area contributed by atoms with Crippen LogP contribution < -0.4 is 5.32 Å². The van der Waals surface area contributed by atoms with E-state index < -0.39 is 5.60 Å². The average molecular weight is 268 g/mol. The summed E-state index contributed by atoms with van der Waals surface area (Å²) in [7, 11) is 1.63. The Morgan fingerprint density at radius 3 is 2.53 bits per heavy atom. The standard InChI is InChI=1S/C14H24N2O3/c1-13(2,19-3)9-12(18)16-6-4-14(5-7-16)8-11(17)15-10-14/h4-10H2,1-3H3,(H,15,17). The normalized spacial score (nSPS) is 22.7. The Bertz CT molecular complexity index is 371. The molecule has 2 amide bonds. The van der Waals surface area contributed by atoms with E-state index in [0.29, 0.717) is 12.8 Å². The van der Waals surface area contributed by atoms with Gasteiger partial charge >= 0.3 is 0 Å². The Morgan fingerprint density at radius 1 is 1.42 bits per heavy atom. The molecule has 2 rings (SSSR count). The van der Waals surface area contributed by atoms with Crippen molar-refractivity contribution in [2.24, 2.45) is 5.41 Å². The first-order valence-electron chi connectivity index (χ1n) is 6.96.